The number of aliphatic hydroxyl groups is 1. The van der Waals surface area contributed by atoms with E-state index >= 15 is 0 Å². The second-order valence-electron chi connectivity index (χ2n) is 4.73. The van der Waals surface area contributed by atoms with Gasteiger partial charge in [0.15, 0.2) is 0 Å². The van der Waals surface area contributed by atoms with Crippen LogP contribution in [0.1, 0.15) is 31.4 Å². The summed E-state index contributed by atoms with van der Waals surface area (Å²) >= 11 is 0. The van der Waals surface area contributed by atoms with Gasteiger partial charge >= 0.3 is 0 Å². The Morgan fingerprint density at radius 3 is 2.95 bits per heavy atom. The van der Waals surface area contributed by atoms with Crippen molar-refractivity contribution < 1.29 is 19.0 Å². The third kappa shape index (κ3) is 3.36. The molecule has 2 rings (SSSR count). The van der Waals surface area contributed by atoms with Gasteiger partial charge in [-0.25, -0.2) is 4.39 Å². The number of benzene rings is 1. The Morgan fingerprint density at radius 2 is 2.25 bits per heavy atom. The molecule has 0 spiro atoms. The third-order valence-corrected chi connectivity index (χ3v) is 3.31. The molecule has 5 heteroatoms. The smallest absolute Gasteiger partial charge is 0.250 e. The maximum Gasteiger partial charge on any atom is 0.250 e. The fourth-order valence-electron chi connectivity index (χ4n) is 2.16. The molecule has 0 saturated carbocycles. The van der Waals surface area contributed by atoms with Gasteiger partial charge in [0.25, 0.3) is 5.91 Å². The number of halogens is 1. The molecule has 108 valence electrons. The second kappa shape index (κ2) is 6.52. The highest BCUT2D eigenvalue weighted by molar-refractivity contribution is 5.93. The van der Waals surface area contributed by atoms with E-state index in [1.165, 1.54) is 12.1 Å². The molecule has 1 heterocycles. The van der Waals surface area contributed by atoms with E-state index in [2.05, 4.69) is 5.32 Å². The summed E-state index contributed by atoms with van der Waals surface area (Å²) in [5.41, 5.74) is 0.773. The number of carbonyl (C=O) groups is 1. The molecule has 0 bridgehead atoms. The molecule has 1 aromatic rings. The number of allylic oxidation sites excluding steroid dienone is 1. The van der Waals surface area contributed by atoms with Gasteiger partial charge in [0, 0.05) is 12.1 Å². The first-order valence-electron chi connectivity index (χ1n) is 6.63. The second-order valence-corrected chi connectivity index (χ2v) is 4.73. The van der Waals surface area contributed by atoms with E-state index < -0.39 is 11.9 Å². The molecule has 4 nitrogen and oxygen atoms in total. The summed E-state index contributed by atoms with van der Waals surface area (Å²) in [6.07, 6.45) is 0.397. The minimum Gasteiger partial charge on any atom is -0.498 e. The number of aliphatic hydroxyl groups excluding tert-OH is 1. The fraction of sp³-hybridized carbons (Fsp3) is 0.400. The highest BCUT2D eigenvalue weighted by atomic mass is 19.1. The molecule has 0 saturated heterocycles. The third-order valence-electron chi connectivity index (χ3n) is 3.31. The SMILES string of the molecule is CC1=C(C(=O)NCC(O)c2ccccc2F)CCCO1. The highest BCUT2D eigenvalue weighted by Gasteiger charge is 2.19. The maximum atomic E-state index is 13.5. The molecule has 1 unspecified atom stereocenters. The van der Waals surface area contributed by atoms with Gasteiger partial charge in [-0.05, 0) is 25.8 Å². The summed E-state index contributed by atoms with van der Waals surface area (Å²) in [5, 5.41) is 12.5. The Bertz CT molecular complexity index is 528. The topological polar surface area (TPSA) is 58.6 Å². The van der Waals surface area contributed by atoms with Crippen LogP contribution in [-0.2, 0) is 9.53 Å². The van der Waals surface area contributed by atoms with Crippen molar-refractivity contribution in [2.75, 3.05) is 13.2 Å². The molecular formula is C15H18FNO3. The average molecular weight is 279 g/mol. The van der Waals surface area contributed by atoms with Gasteiger partial charge in [0.1, 0.15) is 11.6 Å². The summed E-state index contributed by atoms with van der Waals surface area (Å²) < 4.78 is 18.8. The first-order valence-corrected chi connectivity index (χ1v) is 6.63. The van der Waals surface area contributed by atoms with Gasteiger partial charge < -0.3 is 15.2 Å². The molecule has 0 radical (unpaired) electrons. The Morgan fingerprint density at radius 1 is 1.50 bits per heavy atom. The first kappa shape index (κ1) is 14.5. The molecule has 1 aliphatic heterocycles. The number of nitrogens with one attached hydrogen (secondary N) is 1. The lowest BCUT2D eigenvalue weighted by Crippen LogP contribution is -2.31. The summed E-state index contributed by atoms with van der Waals surface area (Å²) in [7, 11) is 0. The van der Waals surface area contributed by atoms with E-state index in [1.807, 2.05) is 0 Å². The maximum absolute atomic E-state index is 13.5. The Labute approximate surface area is 117 Å². The van der Waals surface area contributed by atoms with E-state index in [0.29, 0.717) is 24.4 Å². The molecular weight excluding hydrogens is 261 g/mol. The Balaban J connectivity index is 1.95. The number of carbonyl (C=O) groups excluding carboxylic acids is 1. The fourth-order valence-corrected chi connectivity index (χ4v) is 2.16. The molecule has 1 atom stereocenters. The van der Waals surface area contributed by atoms with E-state index in [-0.39, 0.29) is 18.0 Å². The van der Waals surface area contributed by atoms with Crippen LogP contribution in [-0.4, -0.2) is 24.2 Å². The zero-order valence-corrected chi connectivity index (χ0v) is 11.4. The number of hydrogen-bond acceptors (Lipinski definition) is 3. The lowest BCUT2D eigenvalue weighted by molar-refractivity contribution is -0.118. The molecule has 0 aliphatic carbocycles. The zero-order chi connectivity index (χ0) is 14.5. The van der Waals surface area contributed by atoms with Crippen LogP contribution in [0.5, 0.6) is 0 Å². The van der Waals surface area contributed by atoms with Crippen molar-refractivity contribution in [1.82, 2.24) is 5.32 Å². The van der Waals surface area contributed by atoms with Crippen LogP contribution in [0.3, 0.4) is 0 Å². The summed E-state index contributed by atoms with van der Waals surface area (Å²) in [6.45, 7) is 2.35. The number of rotatable bonds is 4. The van der Waals surface area contributed by atoms with Crippen molar-refractivity contribution in [3.05, 3.63) is 47.0 Å². The van der Waals surface area contributed by atoms with Crippen molar-refractivity contribution in [1.29, 1.82) is 0 Å². The van der Waals surface area contributed by atoms with E-state index in [4.69, 9.17) is 4.74 Å². The van der Waals surface area contributed by atoms with Crippen LogP contribution in [0.4, 0.5) is 4.39 Å². The minimum absolute atomic E-state index is 0.0312. The Hall–Kier alpha value is -1.88. The lowest BCUT2D eigenvalue weighted by atomic mass is 10.1. The van der Waals surface area contributed by atoms with Crippen molar-refractivity contribution in [2.45, 2.75) is 25.9 Å². The van der Waals surface area contributed by atoms with Crippen LogP contribution < -0.4 is 5.32 Å². The molecule has 1 aliphatic rings. The van der Waals surface area contributed by atoms with Crippen LogP contribution in [0.2, 0.25) is 0 Å². The number of hydrogen-bond donors (Lipinski definition) is 2. The largest absolute Gasteiger partial charge is 0.498 e. The van der Waals surface area contributed by atoms with Crippen LogP contribution in [0, 0.1) is 5.82 Å². The first-order chi connectivity index (χ1) is 9.59. The van der Waals surface area contributed by atoms with Crippen LogP contribution >= 0.6 is 0 Å². The molecule has 0 fully saturated rings. The number of ether oxygens (including phenoxy) is 1. The summed E-state index contributed by atoms with van der Waals surface area (Å²) in [5.74, 6) is -0.127. The van der Waals surface area contributed by atoms with Crippen molar-refractivity contribution in [3.8, 4) is 0 Å². The van der Waals surface area contributed by atoms with E-state index in [0.717, 1.165) is 6.42 Å². The van der Waals surface area contributed by atoms with Gasteiger partial charge in [0.2, 0.25) is 0 Å². The molecule has 0 aromatic heterocycles. The molecule has 20 heavy (non-hydrogen) atoms. The molecule has 2 N–H and O–H groups in total. The number of amides is 1. The monoisotopic (exact) mass is 279 g/mol. The standard InChI is InChI=1S/C15H18FNO3/c1-10-11(6-4-8-20-10)15(19)17-9-14(18)12-5-2-3-7-13(12)16/h2-3,5,7,14,18H,4,6,8-9H2,1H3,(H,17,19). The van der Waals surface area contributed by atoms with Gasteiger partial charge in [-0.1, -0.05) is 18.2 Å². The normalized spacial score (nSPS) is 16.6. The predicted octanol–water partition coefficient (Wildman–Crippen LogP) is 2.06. The van der Waals surface area contributed by atoms with Crippen molar-refractivity contribution in [2.24, 2.45) is 0 Å². The van der Waals surface area contributed by atoms with Gasteiger partial charge in [0.05, 0.1) is 18.3 Å². The molecule has 1 amide bonds. The zero-order valence-electron chi connectivity index (χ0n) is 11.4. The van der Waals surface area contributed by atoms with Gasteiger partial charge in [-0.3, -0.25) is 4.79 Å². The Kier molecular flexibility index (Phi) is 4.74. The van der Waals surface area contributed by atoms with Gasteiger partial charge in [-0.2, -0.15) is 0 Å². The van der Waals surface area contributed by atoms with Crippen LogP contribution in [0.15, 0.2) is 35.6 Å². The van der Waals surface area contributed by atoms with Gasteiger partial charge in [-0.15, -0.1) is 0 Å². The van der Waals surface area contributed by atoms with Crippen molar-refractivity contribution in [3.63, 3.8) is 0 Å². The quantitative estimate of drug-likeness (QED) is 0.887. The average Bonchev–Trinajstić information content (AvgIpc) is 2.45. The van der Waals surface area contributed by atoms with E-state index in [9.17, 15) is 14.3 Å². The predicted molar refractivity (Wildman–Crippen MR) is 72.3 cm³/mol. The van der Waals surface area contributed by atoms with E-state index in [1.54, 1.807) is 19.1 Å². The van der Waals surface area contributed by atoms with Crippen molar-refractivity contribution >= 4 is 5.91 Å². The lowest BCUT2D eigenvalue weighted by Gasteiger charge is -2.19. The highest BCUT2D eigenvalue weighted by Crippen LogP contribution is 2.19. The minimum atomic E-state index is -1.06. The molecule has 1 aromatic carbocycles. The van der Waals surface area contributed by atoms with Crippen LogP contribution in [0.25, 0.3) is 0 Å². The summed E-state index contributed by atoms with van der Waals surface area (Å²) in [6, 6.07) is 5.98. The summed E-state index contributed by atoms with van der Waals surface area (Å²) in [4.78, 5) is 12.0.